The lowest BCUT2D eigenvalue weighted by Gasteiger charge is -2.37. The van der Waals surface area contributed by atoms with Crippen molar-refractivity contribution in [1.82, 2.24) is 0 Å². The first-order valence-corrected chi connectivity index (χ1v) is 12.6. The molecule has 1 N–H and O–H groups in total. The fourth-order valence-electron chi connectivity index (χ4n) is 5.53. The van der Waals surface area contributed by atoms with Crippen LogP contribution in [0.3, 0.4) is 0 Å². The van der Waals surface area contributed by atoms with Crippen molar-refractivity contribution in [1.29, 1.82) is 0 Å². The van der Waals surface area contributed by atoms with Crippen LogP contribution in [0.5, 0.6) is 5.75 Å². The first kappa shape index (κ1) is 21.7. The Balaban J connectivity index is 1.28. The Morgan fingerprint density at radius 1 is 0.943 bits per heavy atom. The third kappa shape index (κ3) is 4.12. The van der Waals surface area contributed by atoms with Gasteiger partial charge in [0.15, 0.2) is 0 Å². The van der Waals surface area contributed by atoms with Crippen LogP contribution < -0.4 is 10.1 Å². The third-order valence-corrected chi connectivity index (χ3v) is 7.26. The summed E-state index contributed by atoms with van der Waals surface area (Å²) in [5.74, 6) is 1.92. The summed E-state index contributed by atoms with van der Waals surface area (Å²) in [6.45, 7) is 2.82. The van der Waals surface area contributed by atoms with Crippen molar-refractivity contribution in [2.45, 2.75) is 31.7 Å². The van der Waals surface area contributed by atoms with Crippen molar-refractivity contribution < 1.29 is 4.74 Å². The Morgan fingerprint density at radius 3 is 2.66 bits per heavy atom. The Kier molecular flexibility index (Phi) is 5.83. The highest BCUT2D eigenvalue weighted by atomic mass is 16.5. The van der Waals surface area contributed by atoms with E-state index in [0.29, 0.717) is 24.5 Å². The Labute approximate surface area is 207 Å². The normalized spacial score (nSPS) is 20.5. The maximum atomic E-state index is 6.04. The molecule has 0 spiro atoms. The average Bonchev–Trinajstić information content (AvgIpc) is 3.41. The van der Waals surface area contributed by atoms with Gasteiger partial charge in [0, 0.05) is 23.4 Å². The van der Waals surface area contributed by atoms with E-state index >= 15 is 0 Å². The van der Waals surface area contributed by atoms with Crippen LogP contribution in [0, 0.1) is 5.92 Å². The predicted octanol–water partition coefficient (Wildman–Crippen LogP) is 8.21. The molecule has 1 heterocycles. The van der Waals surface area contributed by atoms with Crippen molar-refractivity contribution in [3.63, 3.8) is 0 Å². The van der Waals surface area contributed by atoms with Gasteiger partial charge in [0.05, 0.1) is 18.3 Å². The Morgan fingerprint density at radius 2 is 1.77 bits per heavy atom. The summed E-state index contributed by atoms with van der Waals surface area (Å²) < 4.78 is 6.04. The Bertz CT molecular complexity index is 1400. The number of aliphatic imine (C=N–C) groups is 1. The van der Waals surface area contributed by atoms with E-state index in [1.54, 1.807) is 0 Å². The lowest BCUT2D eigenvalue weighted by Crippen LogP contribution is -2.28. The molecule has 0 amide bonds. The number of anilines is 1. The third-order valence-electron chi connectivity index (χ3n) is 7.26. The summed E-state index contributed by atoms with van der Waals surface area (Å²) in [5.41, 5.74) is 5.96. The number of hydrogen-bond donors (Lipinski definition) is 1. The molecular formula is C32H30N2O. The summed E-state index contributed by atoms with van der Waals surface area (Å²) in [4.78, 5) is 4.85. The first-order chi connectivity index (χ1) is 17.3. The first-order valence-electron chi connectivity index (χ1n) is 12.6. The molecule has 1 aliphatic carbocycles. The molecule has 174 valence electrons. The van der Waals surface area contributed by atoms with Gasteiger partial charge in [-0.2, -0.15) is 0 Å². The number of nitrogens with one attached hydrogen (secondary N) is 1. The molecule has 0 fully saturated rings. The monoisotopic (exact) mass is 458 g/mol. The molecule has 3 nitrogen and oxygen atoms in total. The lowest BCUT2D eigenvalue weighted by atomic mass is 9.77. The van der Waals surface area contributed by atoms with Gasteiger partial charge in [-0.3, -0.25) is 4.99 Å². The molecule has 0 saturated carbocycles. The molecule has 2 aliphatic rings. The summed E-state index contributed by atoms with van der Waals surface area (Å²) in [6.07, 6.45) is 8.76. The number of para-hydroxylation sites is 1. The van der Waals surface area contributed by atoms with Gasteiger partial charge in [-0.25, -0.2) is 0 Å². The number of allylic oxidation sites excluding steroid dienone is 2. The minimum atomic E-state index is 0.301. The second-order valence-electron chi connectivity index (χ2n) is 9.46. The molecule has 1 aliphatic heterocycles. The standard InChI is InChI=1S/C32H30N2O/c1-2-20-35-31-19-16-22-8-3-4-9-25(22)29(31)21-33-24-17-14-23(15-18-24)32-28-12-7-11-26(28)27-10-5-6-13-30(27)34-32/h3-11,13-19,21,26,28,32,34H,2,12,20H2,1H3/t26-,28+,32+/m1/s1. The van der Waals surface area contributed by atoms with Gasteiger partial charge in [-0.15, -0.1) is 0 Å². The largest absolute Gasteiger partial charge is 0.493 e. The summed E-state index contributed by atoms with van der Waals surface area (Å²) in [5, 5.41) is 6.16. The second kappa shape index (κ2) is 9.42. The molecule has 0 unspecified atom stereocenters. The molecule has 0 bridgehead atoms. The van der Waals surface area contributed by atoms with Crippen LogP contribution in [0.4, 0.5) is 11.4 Å². The molecule has 3 atom stereocenters. The second-order valence-corrected chi connectivity index (χ2v) is 9.46. The number of benzene rings is 4. The van der Waals surface area contributed by atoms with Gasteiger partial charge in [0.2, 0.25) is 0 Å². The van der Waals surface area contributed by atoms with E-state index in [-0.39, 0.29) is 0 Å². The number of hydrogen-bond acceptors (Lipinski definition) is 3. The molecule has 0 saturated heterocycles. The highest BCUT2D eigenvalue weighted by Crippen LogP contribution is 2.49. The highest BCUT2D eigenvalue weighted by molar-refractivity contribution is 6.03. The molecular weight excluding hydrogens is 428 g/mol. The van der Waals surface area contributed by atoms with Crippen molar-refractivity contribution in [2.24, 2.45) is 10.9 Å². The number of ether oxygens (including phenoxy) is 1. The van der Waals surface area contributed by atoms with Crippen molar-refractivity contribution in [3.8, 4) is 5.75 Å². The van der Waals surface area contributed by atoms with Gasteiger partial charge in [-0.1, -0.05) is 79.7 Å². The van der Waals surface area contributed by atoms with E-state index in [1.807, 2.05) is 6.21 Å². The van der Waals surface area contributed by atoms with Crippen LogP contribution in [0.1, 0.15) is 48.4 Å². The topological polar surface area (TPSA) is 33.6 Å². The molecule has 35 heavy (non-hydrogen) atoms. The van der Waals surface area contributed by atoms with Gasteiger partial charge in [0.25, 0.3) is 0 Å². The zero-order valence-electron chi connectivity index (χ0n) is 20.0. The number of rotatable bonds is 6. The van der Waals surface area contributed by atoms with Gasteiger partial charge >= 0.3 is 0 Å². The molecule has 0 radical (unpaired) electrons. The van der Waals surface area contributed by atoms with E-state index in [2.05, 4.69) is 109 Å². The van der Waals surface area contributed by atoms with Crippen molar-refractivity contribution in [2.75, 3.05) is 11.9 Å². The molecule has 3 heteroatoms. The zero-order chi connectivity index (χ0) is 23.6. The van der Waals surface area contributed by atoms with Crippen LogP contribution in [-0.4, -0.2) is 12.8 Å². The van der Waals surface area contributed by atoms with Crippen molar-refractivity contribution in [3.05, 3.63) is 114 Å². The maximum Gasteiger partial charge on any atom is 0.128 e. The SMILES string of the molecule is CCCOc1ccc2ccccc2c1C=Nc1ccc([C@@H]2Nc3ccccc3[C@H]3C=CC[C@@H]32)cc1. The minimum absolute atomic E-state index is 0.301. The minimum Gasteiger partial charge on any atom is -0.493 e. The van der Waals surface area contributed by atoms with E-state index in [9.17, 15) is 0 Å². The molecule has 0 aromatic heterocycles. The van der Waals surface area contributed by atoms with E-state index < -0.39 is 0 Å². The fraction of sp³-hybridized carbons (Fsp3) is 0.219. The molecule has 4 aromatic rings. The van der Waals surface area contributed by atoms with Crippen LogP contribution in [-0.2, 0) is 0 Å². The van der Waals surface area contributed by atoms with E-state index in [1.165, 1.54) is 22.2 Å². The molecule has 6 rings (SSSR count). The zero-order valence-corrected chi connectivity index (χ0v) is 20.0. The van der Waals surface area contributed by atoms with Crippen LogP contribution in [0.2, 0.25) is 0 Å². The predicted molar refractivity (Wildman–Crippen MR) is 146 cm³/mol. The number of nitrogens with zero attached hydrogens (tertiary/aromatic N) is 1. The van der Waals surface area contributed by atoms with E-state index in [0.717, 1.165) is 35.2 Å². The quantitative estimate of drug-likeness (QED) is 0.233. The lowest BCUT2D eigenvalue weighted by molar-refractivity contribution is 0.317. The van der Waals surface area contributed by atoms with E-state index in [4.69, 9.17) is 9.73 Å². The van der Waals surface area contributed by atoms with Gasteiger partial charge < -0.3 is 10.1 Å². The number of fused-ring (bicyclic) bond motifs is 4. The Hall–Kier alpha value is -3.85. The fourth-order valence-corrected chi connectivity index (χ4v) is 5.53. The smallest absolute Gasteiger partial charge is 0.128 e. The summed E-state index contributed by atoms with van der Waals surface area (Å²) >= 11 is 0. The summed E-state index contributed by atoms with van der Waals surface area (Å²) in [7, 11) is 0. The van der Waals surface area contributed by atoms with Gasteiger partial charge in [0.1, 0.15) is 5.75 Å². The van der Waals surface area contributed by atoms with Gasteiger partial charge in [-0.05, 0) is 64.9 Å². The average molecular weight is 459 g/mol. The van der Waals surface area contributed by atoms with Crippen LogP contribution in [0.15, 0.2) is 102 Å². The highest BCUT2D eigenvalue weighted by Gasteiger charge is 2.37. The maximum absolute atomic E-state index is 6.04. The molecule has 4 aromatic carbocycles. The van der Waals surface area contributed by atoms with Crippen molar-refractivity contribution >= 4 is 28.4 Å². The summed E-state index contributed by atoms with van der Waals surface area (Å²) in [6, 6.07) is 30.3. The van der Waals surface area contributed by atoms with Crippen LogP contribution in [0.25, 0.3) is 10.8 Å². The van der Waals surface area contributed by atoms with Crippen LogP contribution >= 0.6 is 0 Å².